The van der Waals surface area contributed by atoms with Crippen LogP contribution in [0.1, 0.15) is 13.3 Å². The lowest BCUT2D eigenvalue weighted by atomic mass is 10.6. The van der Waals surface area contributed by atoms with Crippen LogP contribution in [0.4, 0.5) is 0 Å². The summed E-state index contributed by atoms with van der Waals surface area (Å²) in [6, 6.07) is 3.20. The molecule has 0 aromatic rings. The summed E-state index contributed by atoms with van der Waals surface area (Å²) in [4.78, 5) is 9.50. The summed E-state index contributed by atoms with van der Waals surface area (Å²) in [5.41, 5.74) is 0. The molecule has 0 amide bonds. The van der Waals surface area contributed by atoms with Gasteiger partial charge in [0.2, 0.25) is 0 Å². The maximum absolute atomic E-state index is 9.50. The van der Waals surface area contributed by atoms with Crippen LogP contribution in [0.25, 0.3) is 0 Å². The predicted molar refractivity (Wildman–Crippen MR) is 73.9 cm³/mol. The highest BCUT2D eigenvalue weighted by molar-refractivity contribution is 7.21. The van der Waals surface area contributed by atoms with Gasteiger partial charge in [-0.25, -0.2) is 0 Å². The second kappa shape index (κ2) is 7.75. The van der Waals surface area contributed by atoms with Gasteiger partial charge in [-0.05, 0) is 0 Å². The molecule has 1 atom stereocenters. The molecule has 0 bridgehead atoms. The van der Waals surface area contributed by atoms with E-state index in [9.17, 15) is 4.80 Å². The summed E-state index contributed by atoms with van der Waals surface area (Å²) < 4.78 is 16.1. The highest BCUT2D eigenvalue weighted by Crippen LogP contribution is 2.22. The van der Waals surface area contributed by atoms with Crippen LogP contribution in [0, 0.1) is 0 Å². The maximum atomic E-state index is 9.50. The largest absolute Gasteiger partial charge is 0.500 e. The van der Waals surface area contributed by atoms with Gasteiger partial charge in [-0.1, -0.05) is 32.0 Å². The molecule has 0 radical (unpaired) electrons. The van der Waals surface area contributed by atoms with Crippen molar-refractivity contribution >= 4 is 25.7 Å². The fourth-order valence-corrected chi connectivity index (χ4v) is 7.39. The van der Waals surface area contributed by atoms with Crippen molar-refractivity contribution < 1.29 is 18.1 Å². The molecule has 98 valence electrons. The highest BCUT2D eigenvalue weighted by atomic mass is 29.2. The van der Waals surface area contributed by atoms with E-state index in [1.165, 1.54) is 6.04 Å². The standard InChI is InChI=1S/C9H26O4Si3/c1-6-15(5,14-10)8-7-9-16(11-2,12-3)13-4/h10H,6-9,14H2,1-5H3. The van der Waals surface area contributed by atoms with Gasteiger partial charge in [-0.3, -0.25) is 0 Å². The molecular formula is C9H26O4Si3. The Morgan fingerprint density at radius 3 is 1.88 bits per heavy atom. The van der Waals surface area contributed by atoms with E-state index in [1.54, 1.807) is 21.3 Å². The van der Waals surface area contributed by atoms with Gasteiger partial charge in [-0.15, -0.1) is 0 Å². The van der Waals surface area contributed by atoms with Crippen LogP contribution in [-0.4, -0.2) is 51.8 Å². The quantitative estimate of drug-likeness (QED) is 0.639. The highest BCUT2D eigenvalue weighted by Gasteiger charge is 2.38. The molecule has 0 aliphatic rings. The zero-order valence-electron chi connectivity index (χ0n) is 11.2. The number of rotatable bonds is 9. The molecule has 0 saturated heterocycles. The topological polar surface area (TPSA) is 47.9 Å². The SMILES string of the molecule is CC[Si](C)(CCC[Si](OC)(OC)OC)[SiH2]O. The molecule has 0 aliphatic heterocycles. The van der Waals surface area contributed by atoms with Crippen LogP contribution in [0.2, 0.25) is 24.7 Å². The Bertz CT molecular complexity index is 175. The molecule has 0 fully saturated rings. The van der Waals surface area contributed by atoms with Crippen molar-refractivity contribution in [3.05, 3.63) is 0 Å². The van der Waals surface area contributed by atoms with E-state index in [4.69, 9.17) is 13.3 Å². The van der Waals surface area contributed by atoms with Crippen molar-refractivity contribution in [3.63, 3.8) is 0 Å². The lowest BCUT2D eigenvalue weighted by Crippen LogP contribution is -2.44. The molecule has 0 aliphatic carbocycles. The minimum Gasteiger partial charge on any atom is -0.441 e. The van der Waals surface area contributed by atoms with Gasteiger partial charge in [0.1, 0.15) is 9.28 Å². The second-order valence-electron chi connectivity index (χ2n) is 4.47. The first-order valence-corrected chi connectivity index (χ1v) is 13.6. The van der Waals surface area contributed by atoms with E-state index in [1.807, 2.05) is 0 Å². The van der Waals surface area contributed by atoms with E-state index >= 15 is 0 Å². The fourth-order valence-electron chi connectivity index (χ4n) is 1.66. The third-order valence-electron chi connectivity index (χ3n) is 3.43. The van der Waals surface area contributed by atoms with E-state index < -0.39 is 25.7 Å². The molecular weight excluding hydrogens is 256 g/mol. The monoisotopic (exact) mass is 282 g/mol. The molecule has 4 nitrogen and oxygen atoms in total. The molecule has 1 unspecified atom stereocenters. The van der Waals surface area contributed by atoms with Crippen molar-refractivity contribution in [3.8, 4) is 0 Å². The molecule has 16 heavy (non-hydrogen) atoms. The summed E-state index contributed by atoms with van der Waals surface area (Å²) in [5.74, 6) is 0. The summed E-state index contributed by atoms with van der Waals surface area (Å²) in [6.07, 6.45) is 1.05. The summed E-state index contributed by atoms with van der Waals surface area (Å²) in [6.45, 7) is 4.50. The van der Waals surface area contributed by atoms with Crippen LogP contribution < -0.4 is 0 Å². The number of hydrogen-bond acceptors (Lipinski definition) is 4. The van der Waals surface area contributed by atoms with Crippen molar-refractivity contribution in [1.29, 1.82) is 0 Å². The maximum Gasteiger partial charge on any atom is 0.500 e. The van der Waals surface area contributed by atoms with Gasteiger partial charge in [-0.2, -0.15) is 0 Å². The lowest BCUT2D eigenvalue weighted by Gasteiger charge is -2.27. The molecule has 0 heterocycles. The van der Waals surface area contributed by atoms with Crippen LogP contribution in [0.3, 0.4) is 0 Å². The van der Waals surface area contributed by atoms with Gasteiger partial charge in [0.25, 0.3) is 0 Å². The number of hydrogen-bond donors (Lipinski definition) is 1. The van der Waals surface area contributed by atoms with Gasteiger partial charge in [0.05, 0.1) is 7.59 Å². The van der Waals surface area contributed by atoms with E-state index in [-0.39, 0.29) is 0 Å². The van der Waals surface area contributed by atoms with Gasteiger partial charge < -0.3 is 18.1 Å². The Morgan fingerprint density at radius 2 is 1.56 bits per heavy atom. The van der Waals surface area contributed by atoms with E-state index in [2.05, 4.69) is 13.5 Å². The van der Waals surface area contributed by atoms with Gasteiger partial charge in [0, 0.05) is 27.4 Å². The Kier molecular flexibility index (Phi) is 7.98. The van der Waals surface area contributed by atoms with Crippen LogP contribution in [-0.2, 0) is 13.3 Å². The Balaban J connectivity index is 4.13. The Labute approximate surface area is 103 Å². The molecule has 0 spiro atoms. The third kappa shape index (κ3) is 4.78. The van der Waals surface area contributed by atoms with Gasteiger partial charge >= 0.3 is 8.80 Å². The van der Waals surface area contributed by atoms with Crippen LogP contribution in [0.15, 0.2) is 0 Å². The summed E-state index contributed by atoms with van der Waals surface area (Å²) in [5, 5.41) is 0. The second-order valence-corrected chi connectivity index (χ2v) is 18.8. The molecule has 0 aromatic heterocycles. The third-order valence-corrected chi connectivity index (χ3v) is 15.1. The zero-order chi connectivity index (χ0) is 12.7. The average Bonchev–Trinajstić information content (AvgIpc) is 2.35. The van der Waals surface area contributed by atoms with E-state index in [0.29, 0.717) is 0 Å². The van der Waals surface area contributed by atoms with Crippen molar-refractivity contribution in [2.75, 3.05) is 21.3 Å². The smallest absolute Gasteiger partial charge is 0.441 e. The minimum absolute atomic E-state index is 0.820. The summed E-state index contributed by atoms with van der Waals surface area (Å²) >= 11 is 0. The van der Waals surface area contributed by atoms with Crippen LogP contribution >= 0.6 is 0 Å². The fraction of sp³-hybridized carbons (Fsp3) is 1.00. The first-order valence-electron chi connectivity index (χ1n) is 5.77. The summed E-state index contributed by atoms with van der Waals surface area (Å²) in [7, 11) is 0.456. The molecule has 7 heteroatoms. The minimum atomic E-state index is -2.39. The normalized spacial score (nSPS) is 16.9. The molecule has 1 N–H and O–H groups in total. The van der Waals surface area contributed by atoms with Crippen molar-refractivity contribution in [2.24, 2.45) is 0 Å². The molecule has 0 saturated carbocycles. The average molecular weight is 283 g/mol. The Morgan fingerprint density at radius 1 is 1.06 bits per heavy atom. The van der Waals surface area contributed by atoms with E-state index in [0.717, 1.165) is 18.5 Å². The van der Waals surface area contributed by atoms with Gasteiger partial charge in [0.15, 0.2) is 0 Å². The van der Waals surface area contributed by atoms with Crippen molar-refractivity contribution in [1.82, 2.24) is 0 Å². The predicted octanol–water partition coefficient (Wildman–Crippen LogP) is 0.926. The van der Waals surface area contributed by atoms with Crippen molar-refractivity contribution in [2.45, 2.75) is 38.0 Å². The lowest BCUT2D eigenvalue weighted by molar-refractivity contribution is 0.123. The zero-order valence-corrected chi connectivity index (χ0v) is 14.6. The molecule has 0 rings (SSSR count). The van der Waals surface area contributed by atoms with Crippen LogP contribution in [0.5, 0.6) is 0 Å². The first kappa shape index (κ1) is 16.5. The Hall–Kier alpha value is 0.491. The molecule has 0 aromatic carbocycles. The first-order chi connectivity index (χ1) is 7.51.